The average Bonchev–Trinajstić information content (AvgIpc) is 2.05. The first-order valence-electron chi connectivity index (χ1n) is 3.72. The molecule has 1 aliphatic rings. The minimum Gasteiger partial charge on any atom is -0.497 e. The van der Waals surface area contributed by atoms with Gasteiger partial charge in [0.1, 0.15) is 5.76 Å². The molecule has 66 valence electrons. The summed E-state index contributed by atoms with van der Waals surface area (Å²) in [6.07, 6.45) is 5.07. The van der Waals surface area contributed by atoms with Gasteiger partial charge in [-0.25, -0.2) is 0 Å². The number of methoxy groups -OCH3 is 1. The fourth-order valence-corrected chi connectivity index (χ4v) is 1.13. The van der Waals surface area contributed by atoms with Gasteiger partial charge in [-0.3, -0.25) is 10.1 Å². The molecule has 4 nitrogen and oxygen atoms in total. The second-order valence-electron chi connectivity index (χ2n) is 2.77. The standard InChI is InChI=1S/C8H11NO3/c1-6-3-4-7(12-2)5-8(6)9(10)11/h3-6,8H,1-2H3. The molecular formula is C8H11NO3. The topological polar surface area (TPSA) is 52.4 Å². The molecule has 0 fully saturated rings. The number of hydrogen-bond donors (Lipinski definition) is 0. The van der Waals surface area contributed by atoms with Crippen molar-refractivity contribution in [1.82, 2.24) is 0 Å². The molecule has 4 heteroatoms. The molecule has 0 aliphatic heterocycles. The zero-order chi connectivity index (χ0) is 9.14. The highest BCUT2D eigenvalue weighted by molar-refractivity contribution is 5.20. The third-order valence-electron chi connectivity index (χ3n) is 1.92. The summed E-state index contributed by atoms with van der Waals surface area (Å²) in [5.74, 6) is 0.508. The van der Waals surface area contributed by atoms with Gasteiger partial charge in [-0.1, -0.05) is 13.0 Å². The van der Waals surface area contributed by atoms with E-state index >= 15 is 0 Å². The van der Waals surface area contributed by atoms with Gasteiger partial charge in [0.15, 0.2) is 0 Å². The van der Waals surface area contributed by atoms with E-state index in [2.05, 4.69) is 0 Å². The lowest BCUT2D eigenvalue weighted by Gasteiger charge is -2.15. The maximum Gasteiger partial charge on any atom is 0.241 e. The van der Waals surface area contributed by atoms with Crippen molar-refractivity contribution in [2.75, 3.05) is 7.11 Å². The fourth-order valence-electron chi connectivity index (χ4n) is 1.13. The molecule has 2 unspecified atom stereocenters. The lowest BCUT2D eigenvalue weighted by molar-refractivity contribution is -0.516. The summed E-state index contributed by atoms with van der Waals surface area (Å²) in [5, 5.41) is 10.5. The van der Waals surface area contributed by atoms with Gasteiger partial charge in [0.2, 0.25) is 6.04 Å². The number of nitrogens with zero attached hydrogens (tertiary/aromatic N) is 1. The van der Waals surface area contributed by atoms with Gasteiger partial charge in [-0.2, -0.15) is 0 Å². The van der Waals surface area contributed by atoms with E-state index < -0.39 is 6.04 Å². The van der Waals surface area contributed by atoms with Gasteiger partial charge in [0, 0.05) is 16.9 Å². The van der Waals surface area contributed by atoms with E-state index in [4.69, 9.17) is 4.74 Å². The molecule has 0 bridgehead atoms. The van der Waals surface area contributed by atoms with Gasteiger partial charge in [0.25, 0.3) is 0 Å². The Balaban J connectivity index is 2.81. The predicted octanol–water partition coefficient (Wildman–Crippen LogP) is 1.37. The lowest BCUT2D eigenvalue weighted by Crippen LogP contribution is -2.26. The van der Waals surface area contributed by atoms with Crippen molar-refractivity contribution in [2.24, 2.45) is 5.92 Å². The molecule has 0 saturated carbocycles. The quantitative estimate of drug-likeness (QED) is 0.463. The van der Waals surface area contributed by atoms with Crippen LogP contribution in [0.3, 0.4) is 0 Å². The molecule has 0 amide bonds. The minimum absolute atomic E-state index is 0.0566. The van der Waals surface area contributed by atoms with E-state index in [1.165, 1.54) is 13.2 Å². The molecule has 12 heavy (non-hydrogen) atoms. The number of hydrogen-bond acceptors (Lipinski definition) is 3. The van der Waals surface area contributed by atoms with Crippen molar-refractivity contribution in [3.63, 3.8) is 0 Å². The van der Waals surface area contributed by atoms with Gasteiger partial charge < -0.3 is 4.74 Å². The molecule has 2 atom stereocenters. The third kappa shape index (κ3) is 1.64. The van der Waals surface area contributed by atoms with E-state index in [0.717, 1.165) is 0 Å². The van der Waals surface area contributed by atoms with Crippen molar-refractivity contribution in [3.8, 4) is 0 Å². The maximum absolute atomic E-state index is 10.5. The van der Waals surface area contributed by atoms with Crippen LogP contribution >= 0.6 is 0 Å². The Morgan fingerprint density at radius 2 is 2.33 bits per heavy atom. The Morgan fingerprint density at radius 3 is 2.83 bits per heavy atom. The fraction of sp³-hybridized carbons (Fsp3) is 0.500. The average molecular weight is 169 g/mol. The molecule has 0 spiro atoms. The highest BCUT2D eigenvalue weighted by atomic mass is 16.6. The Kier molecular flexibility index (Phi) is 2.47. The number of ether oxygens (including phenoxy) is 1. The van der Waals surface area contributed by atoms with Gasteiger partial charge >= 0.3 is 0 Å². The van der Waals surface area contributed by atoms with Crippen molar-refractivity contribution in [2.45, 2.75) is 13.0 Å². The molecular weight excluding hydrogens is 158 g/mol. The lowest BCUT2D eigenvalue weighted by atomic mass is 9.97. The zero-order valence-electron chi connectivity index (χ0n) is 7.06. The maximum atomic E-state index is 10.5. The largest absolute Gasteiger partial charge is 0.497 e. The molecule has 0 N–H and O–H groups in total. The second kappa shape index (κ2) is 3.38. The molecule has 1 rings (SSSR count). The van der Waals surface area contributed by atoms with Crippen LogP contribution < -0.4 is 0 Å². The summed E-state index contributed by atoms with van der Waals surface area (Å²) in [6.45, 7) is 1.81. The summed E-state index contributed by atoms with van der Waals surface area (Å²) in [6, 6.07) is -0.648. The van der Waals surface area contributed by atoms with Crippen LogP contribution in [0.25, 0.3) is 0 Å². The normalized spacial score (nSPS) is 28.0. The van der Waals surface area contributed by atoms with Crippen LogP contribution in [0.4, 0.5) is 0 Å². The molecule has 0 heterocycles. The molecule has 1 aliphatic carbocycles. The number of rotatable bonds is 2. The van der Waals surface area contributed by atoms with Crippen LogP contribution in [0.5, 0.6) is 0 Å². The smallest absolute Gasteiger partial charge is 0.241 e. The van der Waals surface area contributed by atoms with Crippen molar-refractivity contribution in [1.29, 1.82) is 0 Å². The van der Waals surface area contributed by atoms with E-state index in [9.17, 15) is 10.1 Å². The number of nitro groups is 1. The van der Waals surface area contributed by atoms with Crippen molar-refractivity contribution in [3.05, 3.63) is 34.1 Å². The molecule has 0 radical (unpaired) electrons. The summed E-state index contributed by atoms with van der Waals surface area (Å²) in [7, 11) is 1.50. The molecule has 0 aromatic rings. The summed E-state index contributed by atoms with van der Waals surface area (Å²) >= 11 is 0. The molecule has 0 aromatic heterocycles. The van der Waals surface area contributed by atoms with E-state index in [0.29, 0.717) is 5.76 Å². The molecule has 0 aromatic carbocycles. The summed E-state index contributed by atoms with van der Waals surface area (Å²) in [5.41, 5.74) is 0. The Labute approximate surface area is 70.7 Å². The minimum atomic E-state index is -0.648. The second-order valence-corrected chi connectivity index (χ2v) is 2.77. The SMILES string of the molecule is COC1=CC([N+](=O)[O-])C(C)C=C1. The highest BCUT2D eigenvalue weighted by Crippen LogP contribution is 2.18. The Bertz CT molecular complexity index is 245. The Morgan fingerprint density at radius 1 is 1.67 bits per heavy atom. The van der Waals surface area contributed by atoms with E-state index in [1.807, 2.05) is 6.92 Å². The van der Waals surface area contributed by atoms with Gasteiger partial charge in [0.05, 0.1) is 7.11 Å². The first-order chi connectivity index (χ1) is 5.65. The Hall–Kier alpha value is -1.32. The number of allylic oxidation sites excluding steroid dienone is 1. The summed E-state index contributed by atoms with van der Waals surface area (Å²) in [4.78, 5) is 10.2. The summed E-state index contributed by atoms with van der Waals surface area (Å²) < 4.78 is 4.89. The third-order valence-corrected chi connectivity index (χ3v) is 1.92. The van der Waals surface area contributed by atoms with Gasteiger partial charge in [-0.15, -0.1) is 0 Å². The zero-order valence-corrected chi connectivity index (χ0v) is 7.06. The van der Waals surface area contributed by atoms with Crippen LogP contribution in [-0.2, 0) is 4.74 Å². The van der Waals surface area contributed by atoms with Crippen molar-refractivity contribution >= 4 is 0 Å². The van der Waals surface area contributed by atoms with Gasteiger partial charge in [-0.05, 0) is 6.08 Å². The van der Waals surface area contributed by atoms with E-state index in [1.54, 1.807) is 12.2 Å². The highest BCUT2D eigenvalue weighted by Gasteiger charge is 2.26. The first kappa shape index (κ1) is 8.77. The van der Waals surface area contributed by atoms with Crippen LogP contribution in [0.1, 0.15) is 6.92 Å². The molecule has 0 saturated heterocycles. The van der Waals surface area contributed by atoms with Crippen LogP contribution in [-0.4, -0.2) is 18.1 Å². The predicted molar refractivity (Wildman–Crippen MR) is 44.2 cm³/mol. The van der Waals surface area contributed by atoms with E-state index in [-0.39, 0.29) is 10.8 Å². The first-order valence-corrected chi connectivity index (χ1v) is 3.72. The van der Waals surface area contributed by atoms with Crippen molar-refractivity contribution < 1.29 is 9.66 Å². The monoisotopic (exact) mass is 169 g/mol. The van der Waals surface area contributed by atoms with Crippen LogP contribution in [0, 0.1) is 16.0 Å². The van der Waals surface area contributed by atoms with Crippen LogP contribution in [0.15, 0.2) is 24.0 Å². The van der Waals surface area contributed by atoms with Crippen LogP contribution in [0.2, 0.25) is 0 Å².